The molecule has 3 N–H and O–H groups in total. The molecule has 0 aromatic heterocycles. The number of nitrogens with one attached hydrogen (secondary N) is 1. The van der Waals surface area contributed by atoms with Crippen LogP contribution in [0.4, 0.5) is 5.69 Å². The lowest BCUT2D eigenvalue weighted by Gasteiger charge is -2.26. The van der Waals surface area contributed by atoms with Crippen molar-refractivity contribution < 1.29 is 23.3 Å². The number of sulfonamides is 1. The molecule has 8 heteroatoms. The number of nitrogens with zero attached hydrogens (tertiary/aromatic N) is 1. The van der Waals surface area contributed by atoms with Gasteiger partial charge in [-0.05, 0) is 50.8 Å². The first-order valence-corrected chi connectivity index (χ1v) is 12.2. The molecule has 0 spiro atoms. The summed E-state index contributed by atoms with van der Waals surface area (Å²) in [5.41, 5.74) is 0.516. The second-order valence-corrected chi connectivity index (χ2v) is 10.1. The van der Waals surface area contributed by atoms with Crippen molar-refractivity contribution in [3.8, 4) is 0 Å². The molecule has 0 radical (unpaired) electrons. The van der Waals surface area contributed by atoms with Gasteiger partial charge in [0.05, 0.1) is 24.2 Å². The first-order chi connectivity index (χ1) is 14.0. The van der Waals surface area contributed by atoms with Crippen molar-refractivity contribution in [2.24, 2.45) is 0 Å². The van der Waals surface area contributed by atoms with Gasteiger partial charge in [-0.25, -0.2) is 8.42 Å². The molecule has 29 heavy (non-hydrogen) atoms. The van der Waals surface area contributed by atoms with Gasteiger partial charge in [-0.15, -0.1) is 0 Å². The molecule has 1 saturated carbocycles. The summed E-state index contributed by atoms with van der Waals surface area (Å²) in [6, 6.07) is 6.81. The van der Waals surface area contributed by atoms with Crippen molar-refractivity contribution in [2.75, 3.05) is 31.6 Å². The van der Waals surface area contributed by atoms with Crippen LogP contribution in [0.2, 0.25) is 0 Å². The third kappa shape index (κ3) is 6.25. The highest BCUT2D eigenvalue weighted by atomic mass is 32.2. The summed E-state index contributed by atoms with van der Waals surface area (Å²) in [6.07, 6.45) is 8.68. The first-order valence-electron chi connectivity index (χ1n) is 10.8. The van der Waals surface area contributed by atoms with Gasteiger partial charge in [-0.3, -0.25) is 4.79 Å². The SMILES string of the molecule is C[C@@H]([NH2+]C1CCCCCCC1)C(=O)Nc1cccc(S(=O)(=O)N2CCOCC2)c1. The van der Waals surface area contributed by atoms with Gasteiger partial charge in [0.15, 0.2) is 6.04 Å². The van der Waals surface area contributed by atoms with Crippen LogP contribution in [0, 0.1) is 0 Å². The van der Waals surface area contributed by atoms with Crippen LogP contribution in [0.3, 0.4) is 0 Å². The smallest absolute Gasteiger partial charge is 0.282 e. The average molecular weight is 425 g/mol. The Morgan fingerprint density at radius 3 is 2.48 bits per heavy atom. The van der Waals surface area contributed by atoms with E-state index in [2.05, 4.69) is 10.6 Å². The number of amides is 1. The molecule has 2 aliphatic rings. The van der Waals surface area contributed by atoms with E-state index in [0.29, 0.717) is 38.0 Å². The molecule has 1 amide bonds. The highest BCUT2D eigenvalue weighted by Crippen LogP contribution is 2.21. The zero-order valence-electron chi connectivity index (χ0n) is 17.3. The minimum Gasteiger partial charge on any atom is -0.379 e. The summed E-state index contributed by atoms with van der Waals surface area (Å²) in [5, 5.41) is 5.07. The van der Waals surface area contributed by atoms with E-state index in [4.69, 9.17) is 4.74 Å². The van der Waals surface area contributed by atoms with Gasteiger partial charge < -0.3 is 15.4 Å². The van der Waals surface area contributed by atoms with Gasteiger partial charge in [-0.1, -0.05) is 25.3 Å². The van der Waals surface area contributed by atoms with E-state index in [9.17, 15) is 13.2 Å². The number of benzene rings is 1. The Bertz CT molecular complexity index is 770. The fourth-order valence-electron chi connectivity index (χ4n) is 4.10. The number of hydrogen-bond acceptors (Lipinski definition) is 4. The van der Waals surface area contributed by atoms with E-state index in [1.807, 2.05) is 6.92 Å². The fraction of sp³-hybridized carbons (Fsp3) is 0.667. The maximum Gasteiger partial charge on any atom is 0.282 e. The second kappa shape index (κ2) is 10.5. The van der Waals surface area contributed by atoms with Crippen molar-refractivity contribution >= 4 is 21.6 Å². The maximum absolute atomic E-state index is 12.8. The molecule has 1 aliphatic heterocycles. The quantitative estimate of drug-likeness (QED) is 0.727. The van der Waals surface area contributed by atoms with Crippen molar-refractivity contribution in [3.63, 3.8) is 0 Å². The van der Waals surface area contributed by atoms with Gasteiger partial charge in [-0.2, -0.15) is 4.31 Å². The molecule has 1 saturated heterocycles. The number of hydrogen-bond donors (Lipinski definition) is 2. The summed E-state index contributed by atoms with van der Waals surface area (Å²) in [6.45, 7) is 3.44. The predicted molar refractivity (Wildman–Crippen MR) is 112 cm³/mol. The van der Waals surface area contributed by atoms with Crippen LogP contribution in [0.1, 0.15) is 51.9 Å². The largest absolute Gasteiger partial charge is 0.379 e. The van der Waals surface area contributed by atoms with Gasteiger partial charge in [0.25, 0.3) is 5.91 Å². The molecular formula is C21H34N3O4S+. The van der Waals surface area contributed by atoms with E-state index >= 15 is 0 Å². The van der Waals surface area contributed by atoms with Crippen LogP contribution in [0.5, 0.6) is 0 Å². The Morgan fingerprint density at radius 1 is 1.14 bits per heavy atom. The minimum atomic E-state index is -3.58. The Hall–Kier alpha value is -1.48. The number of ether oxygens (including phenoxy) is 1. The van der Waals surface area contributed by atoms with Gasteiger partial charge in [0.1, 0.15) is 0 Å². The van der Waals surface area contributed by atoms with Crippen LogP contribution in [-0.4, -0.2) is 57.0 Å². The van der Waals surface area contributed by atoms with Crippen LogP contribution < -0.4 is 10.6 Å². The van der Waals surface area contributed by atoms with E-state index in [-0.39, 0.29) is 16.8 Å². The molecule has 1 aromatic rings. The highest BCUT2D eigenvalue weighted by Gasteiger charge is 2.27. The van der Waals surface area contributed by atoms with Gasteiger partial charge in [0.2, 0.25) is 10.0 Å². The fourth-order valence-corrected chi connectivity index (χ4v) is 5.56. The lowest BCUT2D eigenvalue weighted by molar-refractivity contribution is -0.707. The monoisotopic (exact) mass is 424 g/mol. The molecule has 1 aliphatic carbocycles. The molecule has 3 rings (SSSR count). The summed E-state index contributed by atoms with van der Waals surface area (Å²) < 4.78 is 32.3. The second-order valence-electron chi connectivity index (χ2n) is 8.12. The molecule has 162 valence electrons. The number of rotatable bonds is 6. The van der Waals surface area contributed by atoms with Crippen molar-refractivity contribution in [3.05, 3.63) is 24.3 Å². The topological polar surface area (TPSA) is 92.3 Å². The normalized spacial score (nSPS) is 21.1. The number of anilines is 1. The summed E-state index contributed by atoms with van der Waals surface area (Å²) in [5.74, 6) is -0.0898. The highest BCUT2D eigenvalue weighted by molar-refractivity contribution is 7.89. The number of carbonyl (C=O) groups is 1. The molecule has 7 nitrogen and oxygen atoms in total. The Morgan fingerprint density at radius 2 is 1.79 bits per heavy atom. The van der Waals surface area contributed by atoms with Crippen molar-refractivity contribution in [1.82, 2.24) is 4.31 Å². The van der Waals surface area contributed by atoms with Crippen LogP contribution in [0.15, 0.2) is 29.2 Å². The average Bonchev–Trinajstić information content (AvgIpc) is 2.70. The summed E-state index contributed by atoms with van der Waals surface area (Å²) >= 11 is 0. The number of carbonyl (C=O) groups excluding carboxylic acids is 1. The van der Waals surface area contributed by atoms with Crippen LogP contribution in [-0.2, 0) is 19.6 Å². The first kappa shape index (κ1) is 22.2. The van der Waals surface area contributed by atoms with E-state index in [0.717, 1.165) is 12.8 Å². The van der Waals surface area contributed by atoms with Gasteiger partial charge >= 0.3 is 0 Å². The molecular weight excluding hydrogens is 390 g/mol. The number of morpholine rings is 1. The van der Waals surface area contributed by atoms with Crippen molar-refractivity contribution in [2.45, 2.75) is 68.8 Å². The maximum atomic E-state index is 12.8. The number of nitrogens with two attached hydrogens (primary N) is 1. The minimum absolute atomic E-state index is 0.0898. The summed E-state index contributed by atoms with van der Waals surface area (Å²) in [4.78, 5) is 12.9. The Kier molecular flexibility index (Phi) is 8.06. The zero-order chi connectivity index (χ0) is 20.7. The standard InChI is InChI=1S/C21H33N3O4S/c1-17(22-18-8-5-3-2-4-6-9-18)21(25)23-19-10-7-11-20(16-19)29(26,27)24-12-14-28-15-13-24/h7,10-11,16-18,22H,2-6,8-9,12-15H2,1H3,(H,23,25)/p+1/t17-/m1/s1. The van der Waals surface area contributed by atoms with E-state index in [1.54, 1.807) is 24.3 Å². The van der Waals surface area contributed by atoms with E-state index in [1.165, 1.54) is 36.4 Å². The lowest BCUT2D eigenvalue weighted by atomic mass is 9.96. The summed E-state index contributed by atoms with van der Waals surface area (Å²) in [7, 11) is -3.58. The third-order valence-electron chi connectivity index (χ3n) is 5.83. The van der Waals surface area contributed by atoms with Crippen LogP contribution in [0.25, 0.3) is 0 Å². The zero-order valence-corrected chi connectivity index (χ0v) is 18.1. The molecule has 1 heterocycles. The predicted octanol–water partition coefficient (Wildman–Crippen LogP) is 1.71. The lowest BCUT2D eigenvalue weighted by Crippen LogP contribution is -2.96. The number of quaternary nitrogens is 1. The Labute approximate surface area is 174 Å². The molecule has 0 bridgehead atoms. The van der Waals surface area contributed by atoms with Crippen molar-refractivity contribution in [1.29, 1.82) is 0 Å². The van der Waals surface area contributed by atoms with Crippen LogP contribution >= 0.6 is 0 Å². The Balaban J connectivity index is 1.60. The molecule has 0 unspecified atom stereocenters. The molecule has 1 aromatic carbocycles. The molecule has 2 fully saturated rings. The third-order valence-corrected chi connectivity index (χ3v) is 7.73. The van der Waals surface area contributed by atoms with Gasteiger partial charge in [0, 0.05) is 18.8 Å². The molecule has 1 atom stereocenters. The van der Waals surface area contributed by atoms with E-state index < -0.39 is 10.0 Å².